The fourth-order valence-electron chi connectivity index (χ4n) is 2.98. The van der Waals surface area contributed by atoms with Crippen molar-refractivity contribution in [3.8, 4) is 0 Å². The second-order valence-corrected chi connectivity index (χ2v) is 7.77. The van der Waals surface area contributed by atoms with Gasteiger partial charge in [0.1, 0.15) is 6.04 Å². The summed E-state index contributed by atoms with van der Waals surface area (Å²) in [7, 11) is 0. The summed E-state index contributed by atoms with van der Waals surface area (Å²) in [5.41, 5.74) is 1.73. The van der Waals surface area contributed by atoms with Gasteiger partial charge in [-0.3, -0.25) is 14.9 Å². The first-order valence-electron chi connectivity index (χ1n) is 9.51. The zero-order chi connectivity index (χ0) is 22.2. The van der Waals surface area contributed by atoms with Crippen LogP contribution in [0.4, 0.5) is 4.79 Å². The zero-order valence-corrected chi connectivity index (χ0v) is 17.6. The van der Waals surface area contributed by atoms with Gasteiger partial charge in [-0.1, -0.05) is 24.3 Å². The summed E-state index contributed by atoms with van der Waals surface area (Å²) in [6.07, 6.45) is 1.95. The van der Waals surface area contributed by atoms with E-state index in [1.54, 1.807) is 6.20 Å². The highest BCUT2D eigenvalue weighted by molar-refractivity contribution is 7.09. The van der Waals surface area contributed by atoms with Crippen LogP contribution in [0, 0.1) is 0 Å². The molecule has 4 amide bonds. The van der Waals surface area contributed by atoms with Gasteiger partial charge in [0.2, 0.25) is 5.91 Å². The molecule has 0 saturated heterocycles. The lowest BCUT2D eigenvalue weighted by atomic mass is 10.0. The van der Waals surface area contributed by atoms with E-state index in [1.807, 2.05) is 41.8 Å². The van der Waals surface area contributed by atoms with Crippen LogP contribution >= 0.6 is 11.3 Å². The normalized spacial score (nSPS) is 11.5. The van der Waals surface area contributed by atoms with Crippen molar-refractivity contribution in [1.82, 2.24) is 20.9 Å². The van der Waals surface area contributed by atoms with Crippen LogP contribution in [0.1, 0.15) is 17.4 Å². The largest absolute Gasteiger partial charge is 0.454 e. The molecule has 10 heteroatoms. The molecule has 0 bridgehead atoms. The maximum Gasteiger partial charge on any atom is 0.329 e. The minimum absolute atomic E-state index is 0.186. The van der Waals surface area contributed by atoms with Gasteiger partial charge in [-0.2, -0.15) is 0 Å². The summed E-state index contributed by atoms with van der Waals surface area (Å²) < 4.78 is 5.03. The summed E-state index contributed by atoms with van der Waals surface area (Å²) in [6.45, 7) is 0.932. The SMILES string of the molecule is CC(=O)N[C@@H](Cc1c[nH]c2ccccc12)C(=O)OCC(=O)NC(=O)NCc1cccs1. The number of nitrogens with one attached hydrogen (secondary N) is 4. The number of hydrogen-bond donors (Lipinski definition) is 4. The van der Waals surface area contributed by atoms with Crippen LogP contribution in [-0.2, 0) is 32.1 Å². The molecule has 0 spiro atoms. The average molecular weight is 442 g/mol. The second-order valence-electron chi connectivity index (χ2n) is 6.73. The molecule has 2 aromatic heterocycles. The molecular formula is C21H22N4O5S. The lowest BCUT2D eigenvalue weighted by molar-refractivity contribution is -0.151. The fourth-order valence-corrected chi connectivity index (χ4v) is 3.63. The van der Waals surface area contributed by atoms with Crippen molar-refractivity contribution < 1.29 is 23.9 Å². The topological polar surface area (TPSA) is 129 Å². The third-order valence-corrected chi connectivity index (χ3v) is 5.24. The fraction of sp³-hybridized carbons (Fsp3) is 0.238. The number of carbonyl (C=O) groups is 4. The van der Waals surface area contributed by atoms with Crippen LogP contribution in [0.2, 0.25) is 0 Å². The van der Waals surface area contributed by atoms with Gasteiger partial charge in [0.15, 0.2) is 6.61 Å². The third-order valence-electron chi connectivity index (χ3n) is 4.36. The Morgan fingerprint density at radius 2 is 1.94 bits per heavy atom. The molecule has 0 radical (unpaired) electrons. The van der Waals surface area contributed by atoms with Gasteiger partial charge in [0, 0.05) is 35.3 Å². The van der Waals surface area contributed by atoms with Gasteiger partial charge in [0.05, 0.1) is 6.54 Å². The Hall–Kier alpha value is -3.66. The van der Waals surface area contributed by atoms with Crippen LogP contribution in [0.3, 0.4) is 0 Å². The lowest BCUT2D eigenvalue weighted by Gasteiger charge is -2.16. The minimum atomic E-state index is -0.975. The summed E-state index contributed by atoms with van der Waals surface area (Å²) in [6, 6.07) is 9.61. The number of H-pyrrole nitrogens is 1. The van der Waals surface area contributed by atoms with E-state index in [4.69, 9.17) is 4.74 Å². The smallest absolute Gasteiger partial charge is 0.329 e. The number of urea groups is 1. The Kier molecular flexibility index (Phi) is 7.39. The molecule has 31 heavy (non-hydrogen) atoms. The first kappa shape index (κ1) is 22.0. The third kappa shape index (κ3) is 6.41. The predicted molar refractivity (Wildman–Crippen MR) is 115 cm³/mol. The maximum atomic E-state index is 12.5. The molecule has 0 fully saturated rings. The van der Waals surface area contributed by atoms with Gasteiger partial charge < -0.3 is 20.4 Å². The van der Waals surface area contributed by atoms with E-state index in [9.17, 15) is 19.2 Å². The van der Waals surface area contributed by atoms with E-state index in [2.05, 4.69) is 20.9 Å². The van der Waals surface area contributed by atoms with Crippen LogP contribution in [0.25, 0.3) is 10.9 Å². The van der Waals surface area contributed by atoms with E-state index in [0.717, 1.165) is 21.3 Å². The standard InChI is InChI=1S/C21H22N4O5S/c1-13(26)24-18(9-14-10-22-17-7-3-2-6-16(14)17)20(28)30-12-19(27)25-21(29)23-11-15-5-4-8-31-15/h2-8,10,18,22H,9,11-12H2,1H3,(H,24,26)(H2,23,25,27,29)/t18-/m0/s1. The zero-order valence-electron chi connectivity index (χ0n) is 16.8. The number of benzene rings is 1. The summed E-state index contributed by atoms with van der Waals surface area (Å²) >= 11 is 1.47. The molecule has 1 aromatic carbocycles. The first-order chi connectivity index (χ1) is 14.9. The lowest BCUT2D eigenvalue weighted by Crippen LogP contribution is -2.45. The van der Waals surface area contributed by atoms with Crippen molar-refractivity contribution in [2.75, 3.05) is 6.61 Å². The van der Waals surface area contributed by atoms with E-state index in [-0.39, 0.29) is 13.0 Å². The molecule has 0 aliphatic carbocycles. The van der Waals surface area contributed by atoms with Crippen LogP contribution < -0.4 is 16.0 Å². The molecular weight excluding hydrogens is 420 g/mol. The Balaban J connectivity index is 1.52. The van der Waals surface area contributed by atoms with Gasteiger partial charge in [0.25, 0.3) is 5.91 Å². The summed E-state index contributed by atoms with van der Waals surface area (Å²) in [5, 5.41) is 9.98. The average Bonchev–Trinajstić information content (AvgIpc) is 3.40. The highest BCUT2D eigenvalue weighted by atomic mass is 32.1. The van der Waals surface area contributed by atoms with Gasteiger partial charge >= 0.3 is 12.0 Å². The van der Waals surface area contributed by atoms with E-state index in [1.165, 1.54) is 18.3 Å². The number of aromatic amines is 1. The highest BCUT2D eigenvalue weighted by Crippen LogP contribution is 2.19. The predicted octanol–water partition coefficient (Wildman–Crippen LogP) is 1.85. The van der Waals surface area contributed by atoms with Crippen molar-refractivity contribution >= 4 is 46.1 Å². The molecule has 0 aliphatic rings. The minimum Gasteiger partial charge on any atom is -0.454 e. The van der Waals surface area contributed by atoms with Crippen LogP contribution in [0.5, 0.6) is 0 Å². The molecule has 0 unspecified atom stereocenters. The number of hydrogen-bond acceptors (Lipinski definition) is 6. The molecule has 0 saturated carbocycles. The quantitative estimate of drug-likeness (QED) is 0.396. The number of amides is 4. The van der Waals surface area contributed by atoms with Crippen molar-refractivity contribution in [1.29, 1.82) is 0 Å². The molecule has 162 valence electrons. The number of esters is 1. The number of imide groups is 1. The summed E-state index contributed by atoms with van der Waals surface area (Å²) in [4.78, 5) is 51.8. The van der Waals surface area contributed by atoms with Gasteiger partial charge in [-0.05, 0) is 23.1 Å². The maximum absolute atomic E-state index is 12.5. The number of aromatic nitrogens is 1. The van der Waals surface area contributed by atoms with Crippen molar-refractivity contribution in [2.45, 2.75) is 25.9 Å². The monoisotopic (exact) mass is 442 g/mol. The number of fused-ring (bicyclic) bond motifs is 1. The number of ether oxygens (including phenoxy) is 1. The molecule has 2 heterocycles. The Bertz CT molecular complexity index is 1080. The Labute approximate surface area is 182 Å². The number of carbonyl (C=O) groups excluding carboxylic acids is 4. The van der Waals surface area contributed by atoms with Crippen molar-refractivity contribution in [3.63, 3.8) is 0 Å². The molecule has 3 aromatic rings. The molecule has 1 atom stereocenters. The van der Waals surface area contributed by atoms with Crippen molar-refractivity contribution in [3.05, 3.63) is 58.4 Å². The van der Waals surface area contributed by atoms with E-state index < -0.39 is 36.5 Å². The summed E-state index contributed by atoms with van der Waals surface area (Å²) in [5.74, 6) is -1.94. The molecule has 3 rings (SSSR count). The van der Waals surface area contributed by atoms with E-state index in [0.29, 0.717) is 0 Å². The molecule has 4 N–H and O–H groups in total. The molecule has 0 aliphatic heterocycles. The number of para-hydroxylation sites is 1. The van der Waals surface area contributed by atoms with Gasteiger partial charge in [-0.15, -0.1) is 11.3 Å². The highest BCUT2D eigenvalue weighted by Gasteiger charge is 2.24. The second kappa shape index (κ2) is 10.4. The van der Waals surface area contributed by atoms with Crippen LogP contribution in [0.15, 0.2) is 48.0 Å². The molecule has 9 nitrogen and oxygen atoms in total. The Morgan fingerprint density at radius 3 is 2.68 bits per heavy atom. The Morgan fingerprint density at radius 1 is 1.13 bits per heavy atom. The van der Waals surface area contributed by atoms with Crippen molar-refractivity contribution in [2.24, 2.45) is 0 Å². The number of thiophene rings is 1. The van der Waals surface area contributed by atoms with E-state index >= 15 is 0 Å². The first-order valence-corrected chi connectivity index (χ1v) is 10.4. The van der Waals surface area contributed by atoms with Crippen LogP contribution in [-0.4, -0.2) is 41.4 Å². The number of rotatable bonds is 8. The van der Waals surface area contributed by atoms with Gasteiger partial charge in [-0.25, -0.2) is 9.59 Å².